The van der Waals surface area contributed by atoms with Gasteiger partial charge in [0.25, 0.3) is 0 Å². The number of piperazine rings is 1. The Kier molecular flexibility index (Phi) is 5.24. The number of nitrogens with one attached hydrogen (secondary N) is 1. The molecule has 1 aliphatic heterocycles. The molecule has 124 valence electrons. The molecule has 2 rings (SSSR count). The Morgan fingerprint density at radius 2 is 1.67 bits per heavy atom. The summed E-state index contributed by atoms with van der Waals surface area (Å²) in [5, 5.41) is 3.51. The number of nitrogens with zero attached hydrogens (tertiary/aromatic N) is 1. The van der Waals surface area contributed by atoms with Crippen molar-refractivity contribution in [3.8, 4) is 0 Å². The zero-order chi connectivity index (χ0) is 15.7. The summed E-state index contributed by atoms with van der Waals surface area (Å²) in [5.74, 6) is 0.425. The Bertz CT molecular complexity index is 329. The van der Waals surface area contributed by atoms with Crippen LogP contribution in [0.3, 0.4) is 0 Å². The van der Waals surface area contributed by atoms with Crippen LogP contribution in [0.25, 0.3) is 0 Å². The molecule has 2 atom stereocenters. The van der Waals surface area contributed by atoms with Gasteiger partial charge in [0.2, 0.25) is 0 Å². The van der Waals surface area contributed by atoms with E-state index in [1.807, 2.05) is 0 Å². The molecule has 0 bridgehead atoms. The molecule has 1 N–H and O–H groups in total. The molecule has 0 amide bonds. The number of rotatable bonds is 2. The van der Waals surface area contributed by atoms with Gasteiger partial charge in [-0.05, 0) is 24.2 Å². The van der Waals surface area contributed by atoms with Crippen LogP contribution in [0.15, 0.2) is 0 Å². The van der Waals surface area contributed by atoms with Crippen LogP contribution in [-0.4, -0.2) is 42.8 Å². The van der Waals surface area contributed by atoms with Crippen molar-refractivity contribution < 1.29 is 13.2 Å². The van der Waals surface area contributed by atoms with E-state index in [4.69, 9.17) is 0 Å². The van der Waals surface area contributed by atoms with Gasteiger partial charge in [0.1, 0.15) is 0 Å². The quantitative estimate of drug-likeness (QED) is 0.834. The van der Waals surface area contributed by atoms with Crippen molar-refractivity contribution in [2.75, 3.05) is 19.6 Å². The second-order valence-electron chi connectivity index (χ2n) is 7.84. The number of hydrogen-bond acceptors (Lipinski definition) is 2. The van der Waals surface area contributed by atoms with Crippen LogP contribution in [0, 0.1) is 11.3 Å². The molecule has 2 aliphatic rings. The molecule has 0 radical (unpaired) electrons. The summed E-state index contributed by atoms with van der Waals surface area (Å²) in [4.78, 5) is 1.71. The molecule has 0 aromatic rings. The van der Waals surface area contributed by atoms with E-state index < -0.39 is 12.7 Å². The topological polar surface area (TPSA) is 15.3 Å². The molecule has 2 nitrogen and oxygen atoms in total. The van der Waals surface area contributed by atoms with Crippen LogP contribution in [-0.2, 0) is 0 Å². The van der Waals surface area contributed by atoms with Crippen LogP contribution in [0.1, 0.15) is 52.9 Å². The molecule has 0 aromatic carbocycles. The van der Waals surface area contributed by atoms with Crippen molar-refractivity contribution in [3.63, 3.8) is 0 Å². The van der Waals surface area contributed by atoms with Crippen LogP contribution < -0.4 is 5.32 Å². The molecule has 0 aromatic heterocycles. The average Bonchev–Trinajstić information content (AvgIpc) is 2.36. The van der Waals surface area contributed by atoms with Crippen molar-refractivity contribution in [2.45, 2.75) is 71.1 Å². The lowest BCUT2D eigenvalue weighted by Crippen LogP contribution is -2.63. The highest BCUT2D eigenvalue weighted by molar-refractivity contribution is 4.95. The fourth-order valence-electron chi connectivity index (χ4n) is 3.80. The summed E-state index contributed by atoms with van der Waals surface area (Å²) in [5.41, 5.74) is -0.0125. The van der Waals surface area contributed by atoms with Gasteiger partial charge in [-0.15, -0.1) is 0 Å². The zero-order valence-corrected chi connectivity index (χ0v) is 13.5. The third-order valence-corrected chi connectivity index (χ3v) is 5.08. The Balaban J connectivity index is 2.07. The van der Waals surface area contributed by atoms with E-state index in [-0.39, 0.29) is 17.5 Å². The molecule has 21 heavy (non-hydrogen) atoms. The minimum absolute atomic E-state index is 0.0125. The number of hydrogen-bond donors (Lipinski definition) is 1. The molecule has 1 saturated carbocycles. The van der Waals surface area contributed by atoms with Gasteiger partial charge < -0.3 is 5.32 Å². The average molecular weight is 306 g/mol. The molecule has 1 heterocycles. The summed E-state index contributed by atoms with van der Waals surface area (Å²) in [6, 6.07) is 0.171. The maximum atomic E-state index is 12.9. The number of halogens is 3. The fourth-order valence-corrected chi connectivity index (χ4v) is 3.80. The first kappa shape index (κ1) is 17.1. The first-order chi connectivity index (χ1) is 9.67. The van der Waals surface area contributed by atoms with E-state index in [0.717, 1.165) is 12.8 Å². The SMILES string of the molecule is CC(C)(C)C1CN(CC(F)(F)F)C(C2CCCCC2)CN1. The van der Waals surface area contributed by atoms with E-state index in [0.29, 0.717) is 19.0 Å². The summed E-state index contributed by atoms with van der Waals surface area (Å²) < 4.78 is 38.8. The molecule has 2 fully saturated rings. The highest BCUT2D eigenvalue weighted by atomic mass is 19.4. The van der Waals surface area contributed by atoms with Crippen LogP contribution >= 0.6 is 0 Å². The van der Waals surface area contributed by atoms with Gasteiger partial charge in [-0.3, -0.25) is 4.90 Å². The van der Waals surface area contributed by atoms with Gasteiger partial charge >= 0.3 is 6.18 Å². The van der Waals surface area contributed by atoms with E-state index >= 15 is 0 Å². The van der Waals surface area contributed by atoms with E-state index in [1.54, 1.807) is 4.90 Å². The molecular weight excluding hydrogens is 277 g/mol. The van der Waals surface area contributed by atoms with Crippen molar-refractivity contribution >= 4 is 0 Å². The van der Waals surface area contributed by atoms with Gasteiger partial charge in [0.05, 0.1) is 6.54 Å². The zero-order valence-electron chi connectivity index (χ0n) is 13.5. The van der Waals surface area contributed by atoms with E-state index in [9.17, 15) is 13.2 Å². The van der Waals surface area contributed by atoms with Gasteiger partial charge in [0, 0.05) is 25.2 Å². The normalized spacial score (nSPS) is 30.6. The lowest BCUT2D eigenvalue weighted by atomic mass is 9.79. The van der Waals surface area contributed by atoms with Gasteiger partial charge in [-0.25, -0.2) is 0 Å². The molecule has 0 spiro atoms. The lowest BCUT2D eigenvalue weighted by Gasteiger charge is -2.48. The lowest BCUT2D eigenvalue weighted by molar-refractivity contribution is -0.159. The van der Waals surface area contributed by atoms with Crippen LogP contribution in [0.4, 0.5) is 13.2 Å². The smallest absolute Gasteiger partial charge is 0.311 e. The molecule has 1 saturated heterocycles. The predicted molar refractivity (Wildman–Crippen MR) is 79.2 cm³/mol. The van der Waals surface area contributed by atoms with E-state index in [1.165, 1.54) is 19.3 Å². The Morgan fingerprint density at radius 3 is 2.19 bits per heavy atom. The highest BCUT2D eigenvalue weighted by Crippen LogP contribution is 2.33. The minimum atomic E-state index is -4.10. The first-order valence-corrected chi connectivity index (χ1v) is 8.21. The third-order valence-electron chi connectivity index (χ3n) is 5.08. The standard InChI is InChI=1S/C16H29F3N2/c1-15(2,3)14-10-21(11-16(17,18)19)13(9-20-14)12-7-5-4-6-8-12/h12-14,20H,4-11H2,1-3H3. The van der Waals surface area contributed by atoms with Gasteiger partial charge in [0.15, 0.2) is 0 Å². The summed E-state index contributed by atoms with van der Waals surface area (Å²) in [6.45, 7) is 6.72. The van der Waals surface area contributed by atoms with Crippen molar-refractivity contribution in [2.24, 2.45) is 11.3 Å². The summed E-state index contributed by atoms with van der Waals surface area (Å²) in [7, 11) is 0. The molecule has 1 aliphatic carbocycles. The minimum Gasteiger partial charge on any atom is -0.311 e. The second-order valence-corrected chi connectivity index (χ2v) is 7.84. The van der Waals surface area contributed by atoms with Gasteiger partial charge in [-0.1, -0.05) is 40.0 Å². The number of alkyl halides is 3. The maximum Gasteiger partial charge on any atom is 0.401 e. The Morgan fingerprint density at radius 1 is 1.05 bits per heavy atom. The van der Waals surface area contributed by atoms with E-state index in [2.05, 4.69) is 26.1 Å². The largest absolute Gasteiger partial charge is 0.401 e. The van der Waals surface area contributed by atoms with Crippen molar-refractivity contribution in [1.29, 1.82) is 0 Å². The predicted octanol–water partition coefficient (Wildman–Crippen LogP) is 3.82. The Hall–Kier alpha value is -0.290. The van der Waals surface area contributed by atoms with Gasteiger partial charge in [-0.2, -0.15) is 13.2 Å². The fraction of sp³-hybridized carbons (Fsp3) is 1.00. The second kappa shape index (κ2) is 6.45. The summed E-state index contributed by atoms with van der Waals surface area (Å²) >= 11 is 0. The summed E-state index contributed by atoms with van der Waals surface area (Å²) in [6.07, 6.45) is 1.64. The monoisotopic (exact) mass is 306 g/mol. The van der Waals surface area contributed by atoms with Crippen molar-refractivity contribution in [3.05, 3.63) is 0 Å². The van der Waals surface area contributed by atoms with Crippen LogP contribution in [0.2, 0.25) is 0 Å². The molecule has 5 heteroatoms. The molecular formula is C16H29F3N2. The highest BCUT2D eigenvalue weighted by Gasteiger charge is 2.42. The third kappa shape index (κ3) is 4.85. The maximum absolute atomic E-state index is 12.9. The van der Waals surface area contributed by atoms with Crippen molar-refractivity contribution in [1.82, 2.24) is 10.2 Å². The Labute approximate surface area is 126 Å². The first-order valence-electron chi connectivity index (χ1n) is 8.21. The molecule has 2 unspecified atom stereocenters. The van der Waals surface area contributed by atoms with Crippen LogP contribution in [0.5, 0.6) is 0 Å².